The van der Waals surface area contributed by atoms with Gasteiger partial charge in [-0.2, -0.15) is 4.79 Å². The molecule has 2 rings (SSSR count). The Morgan fingerprint density at radius 1 is 0.719 bits per heavy atom. The standard InChI is InChI=1S/C25H38N4O3/c1-24(2,3)28(21(17-26)19-13-9-7-10-14-19)31-23(30)32-29(25(4,5)6)22(18-27)20-15-11-8-12-16-20/h7-16,21-22H,17-18,26-27H2,1-6H3/t21-,22-/m0/s1. The van der Waals surface area contributed by atoms with Crippen molar-refractivity contribution in [2.45, 2.75) is 64.7 Å². The highest BCUT2D eigenvalue weighted by molar-refractivity contribution is 5.59. The maximum absolute atomic E-state index is 13.1. The highest BCUT2D eigenvalue weighted by Crippen LogP contribution is 2.31. The van der Waals surface area contributed by atoms with Crippen molar-refractivity contribution in [3.8, 4) is 0 Å². The van der Waals surface area contributed by atoms with Crippen LogP contribution in [0.3, 0.4) is 0 Å². The van der Waals surface area contributed by atoms with Gasteiger partial charge in [-0.05, 0) is 52.7 Å². The molecule has 7 nitrogen and oxygen atoms in total. The van der Waals surface area contributed by atoms with E-state index in [1.54, 1.807) is 10.1 Å². The van der Waals surface area contributed by atoms with E-state index in [1.807, 2.05) is 102 Å². The van der Waals surface area contributed by atoms with Crippen molar-refractivity contribution in [2.75, 3.05) is 13.1 Å². The average molecular weight is 443 g/mol. The maximum Gasteiger partial charge on any atom is 0.547 e. The smallest absolute Gasteiger partial charge is 0.333 e. The largest absolute Gasteiger partial charge is 0.547 e. The van der Waals surface area contributed by atoms with Gasteiger partial charge in [0.1, 0.15) is 0 Å². The predicted octanol–water partition coefficient (Wildman–Crippen LogP) is 4.57. The number of nitrogens with two attached hydrogens (primary N) is 2. The van der Waals surface area contributed by atoms with Gasteiger partial charge < -0.3 is 21.1 Å². The Bertz CT molecular complexity index is 762. The van der Waals surface area contributed by atoms with Gasteiger partial charge in [0, 0.05) is 24.2 Å². The van der Waals surface area contributed by atoms with Crippen LogP contribution >= 0.6 is 0 Å². The normalized spacial score (nSPS) is 14.3. The van der Waals surface area contributed by atoms with E-state index in [4.69, 9.17) is 21.1 Å². The van der Waals surface area contributed by atoms with Crippen LogP contribution in [0.25, 0.3) is 0 Å². The fourth-order valence-electron chi connectivity index (χ4n) is 3.60. The first kappa shape index (κ1) is 25.8. The molecule has 0 saturated heterocycles. The minimum absolute atomic E-state index is 0.271. The summed E-state index contributed by atoms with van der Waals surface area (Å²) in [5, 5.41) is 3.21. The topological polar surface area (TPSA) is 94.0 Å². The van der Waals surface area contributed by atoms with Gasteiger partial charge in [0.05, 0.1) is 12.1 Å². The molecule has 0 aromatic heterocycles. The van der Waals surface area contributed by atoms with Gasteiger partial charge in [-0.15, -0.1) is 10.1 Å². The van der Waals surface area contributed by atoms with Crippen LogP contribution in [0.1, 0.15) is 64.8 Å². The molecule has 0 unspecified atom stereocenters. The number of rotatable bonds is 8. The van der Waals surface area contributed by atoms with Crippen LogP contribution in [0.2, 0.25) is 0 Å². The van der Waals surface area contributed by atoms with Gasteiger partial charge in [-0.3, -0.25) is 0 Å². The average Bonchev–Trinajstić information content (AvgIpc) is 2.73. The van der Waals surface area contributed by atoms with Crippen molar-refractivity contribution in [3.63, 3.8) is 0 Å². The zero-order valence-corrected chi connectivity index (χ0v) is 20.1. The number of hydroxylamine groups is 4. The molecule has 0 heterocycles. The molecule has 0 radical (unpaired) electrons. The first-order chi connectivity index (χ1) is 15.0. The van der Waals surface area contributed by atoms with Crippen molar-refractivity contribution in [1.29, 1.82) is 0 Å². The van der Waals surface area contributed by atoms with E-state index in [-0.39, 0.29) is 25.2 Å². The summed E-state index contributed by atoms with van der Waals surface area (Å²) in [5.41, 5.74) is 13.1. The van der Waals surface area contributed by atoms with Crippen molar-refractivity contribution >= 4 is 6.16 Å². The van der Waals surface area contributed by atoms with Gasteiger partial charge in [0.25, 0.3) is 0 Å². The molecule has 0 amide bonds. The number of hydrogen-bond acceptors (Lipinski definition) is 7. The van der Waals surface area contributed by atoms with Gasteiger partial charge in [-0.25, -0.2) is 0 Å². The van der Waals surface area contributed by atoms with Crippen molar-refractivity contribution < 1.29 is 14.5 Å². The van der Waals surface area contributed by atoms with E-state index in [0.717, 1.165) is 11.1 Å². The molecular weight excluding hydrogens is 404 g/mol. The molecule has 4 N–H and O–H groups in total. The summed E-state index contributed by atoms with van der Waals surface area (Å²) in [6, 6.07) is 18.8. The van der Waals surface area contributed by atoms with Crippen molar-refractivity contribution in [1.82, 2.24) is 10.1 Å². The third-order valence-electron chi connectivity index (χ3n) is 5.05. The Kier molecular flexibility index (Phi) is 8.81. The number of nitrogens with zero attached hydrogens (tertiary/aromatic N) is 2. The maximum atomic E-state index is 13.1. The highest BCUT2D eigenvalue weighted by Gasteiger charge is 2.37. The second-order valence-corrected chi connectivity index (χ2v) is 9.75. The summed E-state index contributed by atoms with van der Waals surface area (Å²) in [6.07, 6.45) is -0.835. The van der Waals surface area contributed by atoms with E-state index in [9.17, 15) is 4.79 Å². The lowest BCUT2D eigenvalue weighted by atomic mass is 10.0. The lowest BCUT2D eigenvalue weighted by Crippen LogP contribution is -2.51. The number of carbonyl (C=O) groups is 1. The monoisotopic (exact) mass is 442 g/mol. The predicted molar refractivity (Wildman–Crippen MR) is 127 cm³/mol. The van der Waals surface area contributed by atoms with Gasteiger partial charge in [0.15, 0.2) is 0 Å². The molecular formula is C25H38N4O3. The molecule has 0 aliphatic heterocycles. The quantitative estimate of drug-likeness (QED) is 0.578. The Morgan fingerprint density at radius 3 is 1.28 bits per heavy atom. The van der Waals surface area contributed by atoms with Crippen LogP contribution in [0.5, 0.6) is 0 Å². The molecule has 0 spiro atoms. The van der Waals surface area contributed by atoms with Crippen LogP contribution in [0, 0.1) is 0 Å². The van der Waals surface area contributed by atoms with Crippen LogP contribution in [0.4, 0.5) is 4.79 Å². The lowest BCUT2D eigenvalue weighted by molar-refractivity contribution is -0.259. The molecule has 0 aliphatic rings. The van der Waals surface area contributed by atoms with Gasteiger partial charge in [-0.1, -0.05) is 60.7 Å². The fraction of sp³-hybridized carbons (Fsp3) is 0.480. The SMILES string of the molecule is CC(C)(C)N(OC(=O)ON([C@@H](CN)c1ccccc1)C(C)(C)C)[C@@H](CN)c1ccccc1. The van der Waals surface area contributed by atoms with Crippen LogP contribution in [-0.2, 0) is 9.68 Å². The second-order valence-electron chi connectivity index (χ2n) is 9.75. The van der Waals surface area contributed by atoms with Crippen molar-refractivity contribution in [2.24, 2.45) is 11.5 Å². The van der Waals surface area contributed by atoms with Crippen LogP contribution in [-0.4, -0.2) is 40.4 Å². The Balaban J connectivity index is 2.29. The minimum Gasteiger partial charge on any atom is -0.333 e. The third-order valence-corrected chi connectivity index (χ3v) is 5.05. The molecule has 0 bridgehead atoms. The molecule has 2 atom stereocenters. The van der Waals surface area contributed by atoms with Gasteiger partial charge in [0.2, 0.25) is 0 Å². The highest BCUT2D eigenvalue weighted by atomic mass is 16.9. The van der Waals surface area contributed by atoms with E-state index in [1.165, 1.54) is 0 Å². The van der Waals surface area contributed by atoms with E-state index < -0.39 is 17.2 Å². The molecule has 0 saturated carbocycles. The Labute approximate surface area is 192 Å². The second kappa shape index (κ2) is 10.9. The van der Waals surface area contributed by atoms with E-state index >= 15 is 0 Å². The Morgan fingerprint density at radius 2 is 1.03 bits per heavy atom. The molecule has 7 heteroatoms. The zero-order chi connectivity index (χ0) is 23.9. The summed E-state index contributed by atoms with van der Waals surface area (Å²) >= 11 is 0. The molecule has 0 aliphatic carbocycles. The molecule has 2 aromatic rings. The van der Waals surface area contributed by atoms with Gasteiger partial charge >= 0.3 is 6.16 Å². The first-order valence-electron chi connectivity index (χ1n) is 11.0. The summed E-state index contributed by atoms with van der Waals surface area (Å²) in [7, 11) is 0. The van der Waals surface area contributed by atoms with E-state index in [2.05, 4.69) is 0 Å². The number of benzene rings is 2. The van der Waals surface area contributed by atoms with Crippen LogP contribution < -0.4 is 11.5 Å². The third kappa shape index (κ3) is 6.77. The minimum atomic E-state index is -0.835. The molecule has 2 aromatic carbocycles. The first-order valence-corrected chi connectivity index (χ1v) is 11.0. The van der Waals surface area contributed by atoms with Crippen LogP contribution in [0.15, 0.2) is 60.7 Å². The lowest BCUT2D eigenvalue weighted by Gasteiger charge is -2.41. The molecule has 32 heavy (non-hydrogen) atoms. The number of carbonyl (C=O) groups excluding carboxylic acids is 1. The number of hydrogen-bond donors (Lipinski definition) is 2. The Hall–Kier alpha value is -2.45. The molecule has 176 valence electrons. The fourth-order valence-corrected chi connectivity index (χ4v) is 3.60. The molecule has 0 fully saturated rings. The van der Waals surface area contributed by atoms with E-state index in [0.29, 0.717) is 0 Å². The zero-order valence-electron chi connectivity index (χ0n) is 20.1. The van der Waals surface area contributed by atoms with Crippen molar-refractivity contribution in [3.05, 3.63) is 71.8 Å². The summed E-state index contributed by atoms with van der Waals surface area (Å²) in [6.45, 7) is 12.3. The summed E-state index contributed by atoms with van der Waals surface area (Å²) in [5.74, 6) is 0. The summed E-state index contributed by atoms with van der Waals surface area (Å²) in [4.78, 5) is 24.6. The summed E-state index contributed by atoms with van der Waals surface area (Å²) < 4.78 is 0.